The molecule has 1 aliphatic rings. The summed E-state index contributed by atoms with van der Waals surface area (Å²) >= 11 is 3.27. The number of aliphatic hydroxyl groups excluding tert-OH is 1. The van der Waals surface area contributed by atoms with E-state index in [0.29, 0.717) is 34.4 Å². The Bertz CT molecular complexity index is 686. The molecule has 2 aromatic rings. The molecule has 3 rings (SSSR count). The smallest absolute Gasteiger partial charge is 0.263 e. The number of fused-ring (bicyclic) bond motifs is 1. The zero-order chi connectivity index (χ0) is 15.7. The Hall–Kier alpha value is -1.38. The van der Waals surface area contributed by atoms with Crippen molar-refractivity contribution in [2.45, 2.75) is 25.0 Å². The van der Waals surface area contributed by atoms with Crippen LogP contribution in [0.1, 0.15) is 18.4 Å². The number of hydrogen-bond donors (Lipinski definition) is 2. The number of halogens is 3. The molecule has 1 aliphatic heterocycles. The standard InChI is InChI=1S/C14H14BrF2N3O2/c15-9-4-7(13(16)17)3-8-5-18-14(20-12(8)9)19-10-1-2-22-6-11(10)21/h3-5,10-11,13,21H,1-2,6H2,(H,18,19,20)/t10-,11-/m1/s1. The first kappa shape index (κ1) is 15.5. The number of aliphatic hydroxyl groups is 1. The zero-order valence-corrected chi connectivity index (χ0v) is 13.1. The Morgan fingerprint density at radius 3 is 2.95 bits per heavy atom. The fraction of sp³-hybridized carbons (Fsp3) is 0.429. The molecular formula is C14H14BrF2N3O2. The van der Waals surface area contributed by atoms with Crippen LogP contribution in [0.15, 0.2) is 22.8 Å². The van der Waals surface area contributed by atoms with E-state index in [2.05, 4.69) is 31.2 Å². The molecule has 0 bridgehead atoms. The Morgan fingerprint density at radius 2 is 2.23 bits per heavy atom. The van der Waals surface area contributed by atoms with Crippen molar-refractivity contribution in [3.8, 4) is 0 Å². The molecule has 2 N–H and O–H groups in total. The number of benzene rings is 1. The second-order valence-corrected chi connectivity index (χ2v) is 5.97. The van der Waals surface area contributed by atoms with Crippen molar-refractivity contribution in [1.29, 1.82) is 0 Å². The zero-order valence-electron chi connectivity index (χ0n) is 11.5. The molecule has 0 radical (unpaired) electrons. The van der Waals surface area contributed by atoms with Gasteiger partial charge in [0, 0.05) is 28.2 Å². The lowest BCUT2D eigenvalue weighted by Crippen LogP contribution is -2.42. The topological polar surface area (TPSA) is 67.3 Å². The molecule has 22 heavy (non-hydrogen) atoms. The van der Waals surface area contributed by atoms with Gasteiger partial charge in [-0.25, -0.2) is 18.7 Å². The van der Waals surface area contributed by atoms with Gasteiger partial charge < -0.3 is 15.2 Å². The van der Waals surface area contributed by atoms with Gasteiger partial charge in [0.05, 0.1) is 24.3 Å². The second-order valence-electron chi connectivity index (χ2n) is 5.12. The van der Waals surface area contributed by atoms with Crippen molar-refractivity contribution in [1.82, 2.24) is 9.97 Å². The lowest BCUT2D eigenvalue weighted by Gasteiger charge is -2.28. The molecule has 1 aromatic carbocycles. The van der Waals surface area contributed by atoms with E-state index < -0.39 is 12.5 Å². The molecule has 0 aliphatic carbocycles. The van der Waals surface area contributed by atoms with Crippen LogP contribution in [0, 0.1) is 0 Å². The summed E-state index contributed by atoms with van der Waals surface area (Å²) in [5.41, 5.74) is 0.465. The lowest BCUT2D eigenvalue weighted by molar-refractivity contribution is -0.0136. The molecule has 0 amide bonds. The first-order valence-corrected chi connectivity index (χ1v) is 7.60. The van der Waals surface area contributed by atoms with Crippen LogP contribution in [-0.2, 0) is 4.74 Å². The summed E-state index contributed by atoms with van der Waals surface area (Å²) in [4.78, 5) is 8.47. The second kappa shape index (κ2) is 6.39. The van der Waals surface area contributed by atoms with Gasteiger partial charge in [-0.2, -0.15) is 0 Å². The van der Waals surface area contributed by atoms with E-state index in [0.717, 1.165) is 0 Å². The number of anilines is 1. The number of nitrogens with zero attached hydrogens (tertiary/aromatic N) is 2. The predicted octanol–water partition coefficient (Wildman–Crippen LogP) is 2.89. The van der Waals surface area contributed by atoms with Crippen LogP contribution in [0.4, 0.5) is 14.7 Å². The monoisotopic (exact) mass is 373 g/mol. The van der Waals surface area contributed by atoms with E-state index in [4.69, 9.17) is 4.74 Å². The molecule has 1 aromatic heterocycles. The van der Waals surface area contributed by atoms with E-state index in [1.165, 1.54) is 18.3 Å². The average Bonchev–Trinajstić information content (AvgIpc) is 2.50. The predicted molar refractivity (Wildman–Crippen MR) is 81.0 cm³/mol. The number of aromatic nitrogens is 2. The van der Waals surface area contributed by atoms with Crippen LogP contribution >= 0.6 is 15.9 Å². The van der Waals surface area contributed by atoms with Crippen molar-refractivity contribution < 1.29 is 18.6 Å². The molecule has 1 saturated heterocycles. The van der Waals surface area contributed by atoms with E-state index in [1.807, 2.05) is 0 Å². The van der Waals surface area contributed by atoms with Crippen molar-refractivity contribution in [3.63, 3.8) is 0 Å². The Labute approximate surface area is 133 Å². The summed E-state index contributed by atoms with van der Waals surface area (Å²) in [5.74, 6) is 0.351. The van der Waals surface area contributed by atoms with Gasteiger partial charge in [0.1, 0.15) is 0 Å². The first-order chi connectivity index (χ1) is 10.5. The van der Waals surface area contributed by atoms with Gasteiger partial charge in [0.15, 0.2) is 0 Å². The van der Waals surface area contributed by atoms with E-state index in [9.17, 15) is 13.9 Å². The molecule has 0 spiro atoms. The van der Waals surface area contributed by atoms with Gasteiger partial charge in [-0.3, -0.25) is 0 Å². The molecule has 8 heteroatoms. The molecule has 2 atom stereocenters. The number of nitrogens with one attached hydrogen (secondary N) is 1. The average molecular weight is 374 g/mol. The first-order valence-electron chi connectivity index (χ1n) is 6.81. The molecular weight excluding hydrogens is 360 g/mol. The number of ether oxygens (including phenoxy) is 1. The normalized spacial score (nSPS) is 22.2. The SMILES string of the molecule is O[C@@H]1COCC[C@H]1Nc1ncc2cc(C(F)F)cc(Br)c2n1. The molecule has 0 unspecified atom stereocenters. The third kappa shape index (κ3) is 3.18. The quantitative estimate of drug-likeness (QED) is 0.865. The third-order valence-electron chi connectivity index (χ3n) is 3.55. The van der Waals surface area contributed by atoms with Crippen molar-refractivity contribution in [3.05, 3.63) is 28.4 Å². The fourth-order valence-electron chi connectivity index (χ4n) is 2.38. The number of hydrogen-bond acceptors (Lipinski definition) is 5. The van der Waals surface area contributed by atoms with Crippen molar-refractivity contribution >= 4 is 32.8 Å². The highest BCUT2D eigenvalue weighted by molar-refractivity contribution is 9.10. The summed E-state index contributed by atoms with van der Waals surface area (Å²) in [7, 11) is 0. The minimum absolute atomic E-state index is 0.0801. The third-order valence-corrected chi connectivity index (χ3v) is 4.16. The van der Waals surface area contributed by atoms with Crippen LogP contribution in [0.2, 0.25) is 0 Å². The summed E-state index contributed by atoms with van der Waals surface area (Å²) in [5, 5.41) is 13.5. The van der Waals surface area contributed by atoms with Crippen LogP contribution in [0.3, 0.4) is 0 Å². The highest BCUT2D eigenvalue weighted by atomic mass is 79.9. The fourth-order valence-corrected chi connectivity index (χ4v) is 2.96. The maximum atomic E-state index is 12.8. The van der Waals surface area contributed by atoms with E-state index >= 15 is 0 Å². The minimum atomic E-state index is -2.55. The summed E-state index contributed by atoms with van der Waals surface area (Å²) in [6.45, 7) is 0.830. The molecule has 5 nitrogen and oxygen atoms in total. The maximum absolute atomic E-state index is 12.8. The molecule has 118 valence electrons. The largest absolute Gasteiger partial charge is 0.389 e. The Balaban J connectivity index is 1.89. The van der Waals surface area contributed by atoms with E-state index in [1.54, 1.807) is 0 Å². The number of alkyl halides is 2. The van der Waals surface area contributed by atoms with Crippen LogP contribution in [0.25, 0.3) is 10.9 Å². The Morgan fingerprint density at radius 1 is 1.41 bits per heavy atom. The van der Waals surface area contributed by atoms with Gasteiger partial charge in [0.25, 0.3) is 6.43 Å². The summed E-state index contributed by atoms with van der Waals surface area (Å²) in [6.07, 6.45) is -1.03. The van der Waals surface area contributed by atoms with Gasteiger partial charge in [-0.15, -0.1) is 0 Å². The number of rotatable bonds is 3. The highest BCUT2D eigenvalue weighted by Crippen LogP contribution is 2.29. The lowest BCUT2D eigenvalue weighted by atomic mass is 10.1. The Kier molecular flexibility index (Phi) is 4.51. The van der Waals surface area contributed by atoms with Crippen molar-refractivity contribution in [2.75, 3.05) is 18.5 Å². The minimum Gasteiger partial charge on any atom is -0.389 e. The molecule has 2 heterocycles. The van der Waals surface area contributed by atoms with Crippen LogP contribution in [-0.4, -0.2) is 40.4 Å². The molecule has 1 fully saturated rings. The summed E-state index contributed by atoms with van der Waals surface area (Å²) < 4.78 is 31.2. The highest BCUT2D eigenvalue weighted by Gasteiger charge is 2.24. The maximum Gasteiger partial charge on any atom is 0.263 e. The van der Waals surface area contributed by atoms with Gasteiger partial charge in [0.2, 0.25) is 5.95 Å². The summed E-state index contributed by atoms with van der Waals surface area (Å²) in [6, 6.07) is 2.54. The van der Waals surface area contributed by atoms with Crippen LogP contribution in [0.5, 0.6) is 0 Å². The van der Waals surface area contributed by atoms with Crippen molar-refractivity contribution in [2.24, 2.45) is 0 Å². The molecule has 0 saturated carbocycles. The van der Waals surface area contributed by atoms with Gasteiger partial charge in [-0.05, 0) is 34.5 Å². The van der Waals surface area contributed by atoms with Crippen LogP contribution < -0.4 is 5.32 Å². The van der Waals surface area contributed by atoms with Gasteiger partial charge in [-0.1, -0.05) is 0 Å². The van der Waals surface area contributed by atoms with E-state index in [-0.39, 0.29) is 18.2 Å². The van der Waals surface area contributed by atoms with Gasteiger partial charge >= 0.3 is 0 Å².